The fraction of sp³-hybridized carbons (Fsp3) is 0.533. The van der Waals surface area contributed by atoms with E-state index >= 15 is 0 Å². The van der Waals surface area contributed by atoms with E-state index in [1.54, 1.807) is 11.3 Å². The van der Waals surface area contributed by atoms with Crippen molar-refractivity contribution in [3.05, 3.63) is 37.2 Å². The van der Waals surface area contributed by atoms with E-state index in [1.165, 1.54) is 29.7 Å². The summed E-state index contributed by atoms with van der Waals surface area (Å²) in [6.45, 7) is 2.09. The number of hydrogen-bond donors (Lipinski definition) is 1. The van der Waals surface area contributed by atoms with Crippen LogP contribution in [-0.4, -0.2) is 14.9 Å². The van der Waals surface area contributed by atoms with Crippen LogP contribution in [0.1, 0.15) is 46.2 Å². The summed E-state index contributed by atoms with van der Waals surface area (Å²) in [5, 5.41) is 15.0. The number of nitrogens with zero attached hydrogens (tertiary/aromatic N) is 2. The van der Waals surface area contributed by atoms with E-state index < -0.39 is 6.10 Å². The Hall–Kier alpha value is -0.650. The molecule has 3 rings (SSSR count). The van der Waals surface area contributed by atoms with Crippen LogP contribution in [0.5, 0.6) is 0 Å². The van der Waals surface area contributed by atoms with E-state index in [-0.39, 0.29) is 0 Å². The third kappa shape index (κ3) is 2.47. The molecule has 0 spiro atoms. The van der Waals surface area contributed by atoms with Gasteiger partial charge in [-0.25, -0.2) is 0 Å². The van der Waals surface area contributed by atoms with E-state index in [9.17, 15) is 5.11 Å². The van der Waals surface area contributed by atoms with Crippen molar-refractivity contribution in [3.63, 3.8) is 0 Å². The molecule has 0 amide bonds. The zero-order valence-corrected chi connectivity index (χ0v) is 14.2. The van der Waals surface area contributed by atoms with Gasteiger partial charge in [0.2, 0.25) is 0 Å². The molecule has 0 aliphatic heterocycles. The molecule has 0 saturated carbocycles. The molecule has 20 heavy (non-hydrogen) atoms. The first kappa shape index (κ1) is 14.3. The molecular formula is C15H19BrN2OS. The predicted molar refractivity (Wildman–Crippen MR) is 85.3 cm³/mol. The molecule has 1 aliphatic rings. The highest BCUT2D eigenvalue weighted by Crippen LogP contribution is 2.35. The van der Waals surface area contributed by atoms with Gasteiger partial charge in [-0.05, 0) is 53.2 Å². The molecule has 0 saturated heterocycles. The Morgan fingerprint density at radius 2 is 2.30 bits per heavy atom. The summed E-state index contributed by atoms with van der Waals surface area (Å²) in [6.07, 6.45) is 4.71. The van der Waals surface area contributed by atoms with Crippen LogP contribution in [0.4, 0.5) is 0 Å². The first-order valence-corrected chi connectivity index (χ1v) is 8.70. The van der Waals surface area contributed by atoms with Gasteiger partial charge in [0.15, 0.2) is 0 Å². The molecule has 0 radical (unpaired) electrons. The second-order valence-electron chi connectivity index (χ2n) is 5.36. The molecule has 1 atom stereocenters. The smallest absolute Gasteiger partial charge is 0.0937 e. The minimum absolute atomic E-state index is 0.429. The van der Waals surface area contributed by atoms with Gasteiger partial charge in [0, 0.05) is 23.2 Å². The topological polar surface area (TPSA) is 38.0 Å². The molecule has 2 aromatic heterocycles. The van der Waals surface area contributed by atoms with E-state index in [4.69, 9.17) is 0 Å². The lowest BCUT2D eigenvalue weighted by molar-refractivity contribution is 0.179. The summed E-state index contributed by atoms with van der Waals surface area (Å²) in [5.41, 5.74) is 3.58. The maximum absolute atomic E-state index is 10.5. The molecule has 1 N–H and O–H groups in total. The van der Waals surface area contributed by atoms with Crippen LogP contribution in [0.25, 0.3) is 0 Å². The van der Waals surface area contributed by atoms with E-state index in [0.29, 0.717) is 6.42 Å². The zero-order chi connectivity index (χ0) is 14.3. The Morgan fingerprint density at radius 3 is 2.95 bits per heavy atom. The first-order chi connectivity index (χ1) is 9.60. The predicted octanol–water partition coefficient (Wildman–Crippen LogP) is 3.57. The Labute approximate surface area is 131 Å². The SMILES string of the molecule is CCc1nn(C)c(CC(O)c2cc3c(s2)CCC3)c1Br. The average molecular weight is 355 g/mol. The van der Waals surface area contributed by atoms with Crippen molar-refractivity contribution in [2.75, 3.05) is 0 Å². The summed E-state index contributed by atoms with van der Waals surface area (Å²) in [5.74, 6) is 0. The van der Waals surface area contributed by atoms with Crippen LogP contribution >= 0.6 is 27.3 Å². The van der Waals surface area contributed by atoms with E-state index in [0.717, 1.165) is 27.2 Å². The van der Waals surface area contributed by atoms with Crippen molar-refractivity contribution < 1.29 is 5.11 Å². The Kier molecular flexibility index (Phi) is 4.02. The third-order valence-corrected chi connectivity index (χ3v) is 6.24. The number of hydrogen-bond acceptors (Lipinski definition) is 3. The standard InChI is InChI=1S/C15H19BrN2OS/c1-3-10-15(16)11(18(2)17-10)8-12(19)14-7-9-5-4-6-13(9)20-14/h7,12,19H,3-6,8H2,1-2H3. The van der Waals surface area contributed by atoms with Gasteiger partial charge in [0.25, 0.3) is 0 Å². The molecule has 0 bridgehead atoms. The third-order valence-electron chi connectivity index (χ3n) is 3.98. The monoisotopic (exact) mass is 354 g/mol. The fourth-order valence-electron chi connectivity index (χ4n) is 2.84. The number of fused-ring (bicyclic) bond motifs is 1. The minimum Gasteiger partial charge on any atom is -0.387 e. The Morgan fingerprint density at radius 1 is 1.50 bits per heavy atom. The maximum Gasteiger partial charge on any atom is 0.0937 e. The van der Waals surface area contributed by atoms with Crippen LogP contribution < -0.4 is 0 Å². The van der Waals surface area contributed by atoms with Gasteiger partial charge in [0.1, 0.15) is 0 Å². The van der Waals surface area contributed by atoms with Crippen LogP contribution in [0.2, 0.25) is 0 Å². The molecule has 2 heterocycles. The molecule has 0 aromatic carbocycles. The molecule has 1 aliphatic carbocycles. The van der Waals surface area contributed by atoms with Gasteiger partial charge in [-0.15, -0.1) is 11.3 Å². The molecule has 1 unspecified atom stereocenters. The lowest BCUT2D eigenvalue weighted by Gasteiger charge is -2.09. The molecule has 2 aromatic rings. The van der Waals surface area contributed by atoms with Gasteiger partial charge in [0.05, 0.1) is 22.0 Å². The Bertz CT molecular complexity index is 611. The molecule has 5 heteroatoms. The highest BCUT2D eigenvalue weighted by Gasteiger charge is 2.21. The average Bonchev–Trinajstić information content (AvgIpc) is 3.07. The highest BCUT2D eigenvalue weighted by molar-refractivity contribution is 9.10. The summed E-state index contributed by atoms with van der Waals surface area (Å²) in [6, 6.07) is 2.20. The van der Waals surface area contributed by atoms with Crippen molar-refractivity contribution in [1.29, 1.82) is 0 Å². The normalized spacial score (nSPS) is 15.6. The quantitative estimate of drug-likeness (QED) is 0.911. The van der Waals surface area contributed by atoms with Crippen molar-refractivity contribution in [3.8, 4) is 0 Å². The number of aliphatic hydroxyl groups excluding tert-OH is 1. The van der Waals surface area contributed by atoms with Crippen LogP contribution in [0.15, 0.2) is 10.5 Å². The van der Waals surface area contributed by atoms with Crippen molar-refractivity contribution in [2.45, 2.75) is 45.1 Å². The first-order valence-electron chi connectivity index (χ1n) is 7.10. The van der Waals surface area contributed by atoms with Gasteiger partial charge < -0.3 is 5.11 Å². The summed E-state index contributed by atoms with van der Waals surface area (Å²) < 4.78 is 2.93. The van der Waals surface area contributed by atoms with Gasteiger partial charge in [-0.1, -0.05) is 6.92 Å². The van der Waals surface area contributed by atoms with Crippen LogP contribution in [-0.2, 0) is 32.7 Å². The number of thiophene rings is 1. The van der Waals surface area contributed by atoms with Crippen molar-refractivity contribution in [2.24, 2.45) is 7.05 Å². The number of rotatable bonds is 4. The lowest BCUT2D eigenvalue weighted by Crippen LogP contribution is -2.05. The van der Waals surface area contributed by atoms with Crippen LogP contribution in [0.3, 0.4) is 0 Å². The summed E-state index contributed by atoms with van der Waals surface area (Å²) >= 11 is 5.40. The number of aromatic nitrogens is 2. The maximum atomic E-state index is 10.5. The van der Waals surface area contributed by atoms with Crippen molar-refractivity contribution >= 4 is 27.3 Å². The van der Waals surface area contributed by atoms with E-state index in [2.05, 4.69) is 34.0 Å². The zero-order valence-electron chi connectivity index (χ0n) is 11.8. The second kappa shape index (κ2) is 5.62. The van der Waals surface area contributed by atoms with Gasteiger partial charge in [-0.2, -0.15) is 5.10 Å². The summed E-state index contributed by atoms with van der Waals surface area (Å²) in [4.78, 5) is 2.57. The minimum atomic E-state index is -0.429. The molecule has 3 nitrogen and oxygen atoms in total. The van der Waals surface area contributed by atoms with Gasteiger partial charge in [-0.3, -0.25) is 4.68 Å². The molecule has 0 fully saturated rings. The summed E-state index contributed by atoms with van der Waals surface area (Å²) in [7, 11) is 1.94. The van der Waals surface area contributed by atoms with Crippen LogP contribution in [0, 0.1) is 0 Å². The van der Waals surface area contributed by atoms with E-state index in [1.807, 2.05) is 11.7 Å². The largest absolute Gasteiger partial charge is 0.387 e. The second-order valence-corrected chi connectivity index (χ2v) is 7.32. The van der Waals surface area contributed by atoms with Gasteiger partial charge >= 0.3 is 0 Å². The highest BCUT2D eigenvalue weighted by atomic mass is 79.9. The number of aryl methyl sites for hydroxylation is 4. The molecular weight excluding hydrogens is 336 g/mol. The van der Waals surface area contributed by atoms with Crippen molar-refractivity contribution in [1.82, 2.24) is 9.78 Å². The lowest BCUT2D eigenvalue weighted by atomic mass is 10.1. The number of aliphatic hydroxyl groups is 1. The fourth-order valence-corrected chi connectivity index (χ4v) is 4.86. The Balaban J connectivity index is 1.81. The molecule has 108 valence electrons. The number of halogens is 1.